The number of carbonyl (C=O) groups excluding carboxylic acids is 1. The second-order valence-electron chi connectivity index (χ2n) is 5.66. The van der Waals surface area contributed by atoms with E-state index < -0.39 is 4.92 Å². The van der Waals surface area contributed by atoms with E-state index in [2.05, 4.69) is 15.3 Å². The molecule has 1 N–H and O–H groups in total. The number of amides is 1. The number of carbonyl (C=O) groups is 1. The van der Waals surface area contributed by atoms with Crippen LogP contribution in [0.5, 0.6) is 0 Å². The fourth-order valence-corrected chi connectivity index (χ4v) is 4.64. The number of rotatable bonds is 4. The van der Waals surface area contributed by atoms with E-state index in [1.807, 2.05) is 19.1 Å². The van der Waals surface area contributed by atoms with Crippen molar-refractivity contribution in [2.75, 3.05) is 5.32 Å². The summed E-state index contributed by atoms with van der Waals surface area (Å²) in [7, 11) is 0. The summed E-state index contributed by atoms with van der Waals surface area (Å²) < 4.78 is 2.09. The zero-order chi connectivity index (χ0) is 18.3. The van der Waals surface area contributed by atoms with Gasteiger partial charge in [-0.25, -0.2) is 9.97 Å². The first-order chi connectivity index (χ1) is 12.5. The molecule has 0 radical (unpaired) electrons. The van der Waals surface area contributed by atoms with E-state index in [9.17, 15) is 14.9 Å². The Balaban J connectivity index is 1.53. The molecular weight excluding hydrogens is 372 g/mol. The van der Waals surface area contributed by atoms with E-state index in [0.717, 1.165) is 25.4 Å². The third-order valence-electron chi connectivity index (χ3n) is 3.78. The predicted octanol–water partition coefficient (Wildman–Crippen LogP) is 4.30. The fourth-order valence-electron chi connectivity index (χ4n) is 2.62. The van der Waals surface area contributed by atoms with E-state index >= 15 is 0 Å². The molecule has 1 amide bonds. The molecule has 9 heteroatoms. The minimum Gasteiger partial charge on any atom is -0.302 e. The summed E-state index contributed by atoms with van der Waals surface area (Å²) >= 11 is 3.04. The molecule has 0 aliphatic heterocycles. The molecule has 26 heavy (non-hydrogen) atoms. The summed E-state index contributed by atoms with van der Waals surface area (Å²) in [5.41, 5.74) is 2.48. The molecule has 0 saturated carbocycles. The second kappa shape index (κ2) is 6.43. The van der Waals surface area contributed by atoms with Gasteiger partial charge in [0.25, 0.3) is 5.69 Å². The van der Waals surface area contributed by atoms with E-state index in [1.54, 1.807) is 23.5 Å². The van der Waals surface area contributed by atoms with Gasteiger partial charge in [-0.1, -0.05) is 23.5 Å². The van der Waals surface area contributed by atoms with Crippen molar-refractivity contribution in [2.24, 2.45) is 0 Å². The molecule has 2 heterocycles. The third-order valence-corrected chi connectivity index (χ3v) is 5.91. The Morgan fingerprint density at radius 2 is 1.73 bits per heavy atom. The lowest BCUT2D eigenvalue weighted by Gasteiger charge is -2.01. The lowest BCUT2D eigenvalue weighted by atomic mass is 10.1. The van der Waals surface area contributed by atoms with Crippen molar-refractivity contribution >= 4 is 59.8 Å². The number of nitro benzene ring substituents is 1. The van der Waals surface area contributed by atoms with Gasteiger partial charge >= 0.3 is 0 Å². The SMILES string of the molecule is Cc1nc2ccc3nc(NC(=O)Cc4ccc([N+](=O)[O-])cc4)sc3c2s1. The van der Waals surface area contributed by atoms with Crippen molar-refractivity contribution in [3.8, 4) is 0 Å². The van der Waals surface area contributed by atoms with Gasteiger partial charge in [-0.2, -0.15) is 0 Å². The highest BCUT2D eigenvalue weighted by Gasteiger charge is 2.13. The summed E-state index contributed by atoms with van der Waals surface area (Å²) in [6.07, 6.45) is 0.128. The van der Waals surface area contributed by atoms with Crippen molar-refractivity contribution in [3.05, 3.63) is 57.1 Å². The molecular formula is C17H12N4O3S2. The Morgan fingerprint density at radius 1 is 1.08 bits per heavy atom. The first-order valence-corrected chi connectivity index (χ1v) is 9.33. The Bertz CT molecular complexity index is 1150. The Morgan fingerprint density at radius 3 is 2.42 bits per heavy atom. The molecule has 0 fully saturated rings. The molecule has 0 aliphatic carbocycles. The molecule has 0 bridgehead atoms. The minimum absolute atomic E-state index is 0.00389. The maximum absolute atomic E-state index is 12.3. The molecule has 0 saturated heterocycles. The molecule has 2 aromatic heterocycles. The zero-order valence-corrected chi connectivity index (χ0v) is 15.2. The molecule has 2 aromatic carbocycles. The van der Waals surface area contributed by atoms with Gasteiger partial charge in [-0.15, -0.1) is 11.3 Å². The molecule has 4 rings (SSSR count). The molecule has 0 spiro atoms. The second-order valence-corrected chi connectivity index (χ2v) is 7.86. The van der Waals surface area contributed by atoms with Crippen LogP contribution in [-0.4, -0.2) is 20.8 Å². The van der Waals surface area contributed by atoms with Crippen LogP contribution < -0.4 is 5.32 Å². The van der Waals surface area contributed by atoms with Gasteiger partial charge in [0, 0.05) is 12.1 Å². The van der Waals surface area contributed by atoms with Crippen LogP contribution in [-0.2, 0) is 11.2 Å². The summed E-state index contributed by atoms with van der Waals surface area (Å²) in [6.45, 7) is 1.96. The van der Waals surface area contributed by atoms with Crippen LogP contribution in [0.4, 0.5) is 10.8 Å². The molecule has 0 aliphatic rings. The van der Waals surface area contributed by atoms with Crippen molar-refractivity contribution in [1.82, 2.24) is 9.97 Å². The van der Waals surface area contributed by atoms with Crippen molar-refractivity contribution < 1.29 is 9.72 Å². The Labute approximate surface area is 155 Å². The largest absolute Gasteiger partial charge is 0.302 e. The molecule has 4 aromatic rings. The third kappa shape index (κ3) is 3.14. The first-order valence-electron chi connectivity index (χ1n) is 7.69. The number of hydrogen-bond acceptors (Lipinski definition) is 7. The number of aryl methyl sites for hydroxylation is 1. The van der Waals surface area contributed by atoms with Crippen molar-refractivity contribution in [2.45, 2.75) is 13.3 Å². The number of aromatic nitrogens is 2. The van der Waals surface area contributed by atoms with Gasteiger partial charge in [0.2, 0.25) is 5.91 Å². The van der Waals surface area contributed by atoms with E-state index in [4.69, 9.17) is 0 Å². The van der Waals surface area contributed by atoms with Gasteiger partial charge in [-0.3, -0.25) is 14.9 Å². The smallest absolute Gasteiger partial charge is 0.269 e. The highest BCUT2D eigenvalue weighted by molar-refractivity contribution is 7.28. The first kappa shape index (κ1) is 16.6. The van der Waals surface area contributed by atoms with Crippen LogP contribution in [0.1, 0.15) is 10.6 Å². The summed E-state index contributed by atoms with van der Waals surface area (Å²) in [5.74, 6) is -0.213. The van der Waals surface area contributed by atoms with Crippen LogP contribution in [0.25, 0.3) is 20.4 Å². The molecule has 0 unspecified atom stereocenters. The normalized spacial score (nSPS) is 11.1. The number of nitrogens with zero attached hydrogens (tertiary/aromatic N) is 3. The number of benzene rings is 2. The zero-order valence-electron chi connectivity index (χ0n) is 13.6. The average Bonchev–Trinajstić information content (AvgIpc) is 3.16. The van der Waals surface area contributed by atoms with E-state index in [1.165, 1.54) is 23.5 Å². The monoisotopic (exact) mass is 384 g/mol. The van der Waals surface area contributed by atoms with Gasteiger partial charge in [0.05, 0.1) is 36.8 Å². The highest BCUT2D eigenvalue weighted by Crippen LogP contribution is 2.35. The summed E-state index contributed by atoms with van der Waals surface area (Å²) in [5, 5.41) is 15.0. The number of anilines is 1. The van der Waals surface area contributed by atoms with Crippen LogP contribution in [0, 0.1) is 17.0 Å². The Hall–Kier alpha value is -2.91. The number of thiazole rings is 2. The molecule has 7 nitrogen and oxygen atoms in total. The topological polar surface area (TPSA) is 98.0 Å². The summed E-state index contributed by atoms with van der Waals surface area (Å²) in [6, 6.07) is 9.79. The maximum atomic E-state index is 12.3. The quantitative estimate of drug-likeness (QED) is 0.418. The van der Waals surface area contributed by atoms with Crippen molar-refractivity contribution in [3.63, 3.8) is 0 Å². The van der Waals surface area contributed by atoms with Gasteiger partial charge < -0.3 is 5.32 Å². The number of nitro groups is 1. The summed E-state index contributed by atoms with van der Waals surface area (Å²) in [4.78, 5) is 31.4. The van der Waals surface area contributed by atoms with Gasteiger partial charge in [0.15, 0.2) is 5.13 Å². The lowest BCUT2D eigenvalue weighted by molar-refractivity contribution is -0.384. The average molecular weight is 384 g/mol. The number of hydrogen-bond donors (Lipinski definition) is 1. The maximum Gasteiger partial charge on any atom is 0.269 e. The fraction of sp³-hybridized carbons (Fsp3) is 0.118. The molecule has 0 atom stereocenters. The lowest BCUT2D eigenvalue weighted by Crippen LogP contribution is -2.14. The van der Waals surface area contributed by atoms with Crippen molar-refractivity contribution in [1.29, 1.82) is 0 Å². The standard InChI is InChI=1S/C17H12N4O3S2/c1-9-18-12-6-7-13-16(15(12)25-9)26-17(19-13)20-14(22)8-10-2-4-11(5-3-10)21(23)24/h2-7H,8H2,1H3,(H,19,20,22). The van der Waals surface area contributed by atoms with E-state index in [0.29, 0.717) is 10.7 Å². The van der Waals surface area contributed by atoms with Gasteiger partial charge in [0.1, 0.15) is 0 Å². The van der Waals surface area contributed by atoms with E-state index in [-0.39, 0.29) is 18.0 Å². The molecule has 130 valence electrons. The van der Waals surface area contributed by atoms with Crippen LogP contribution >= 0.6 is 22.7 Å². The number of nitrogens with one attached hydrogen (secondary N) is 1. The predicted molar refractivity (Wildman–Crippen MR) is 103 cm³/mol. The number of non-ortho nitro benzene ring substituents is 1. The minimum atomic E-state index is -0.465. The number of fused-ring (bicyclic) bond motifs is 3. The Kier molecular flexibility index (Phi) is 4.09. The van der Waals surface area contributed by atoms with Gasteiger partial charge in [-0.05, 0) is 24.6 Å². The van der Waals surface area contributed by atoms with Crippen LogP contribution in [0.2, 0.25) is 0 Å². The van der Waals surface area contributed by atoms with Crippen LogP contribution in [0.15, 0.2) is 36.4 Å². The van der Waals surface area contributed by atoms with Crippen LogP contribution in [0.3, 0.4) is 0 Å². The highest BCUT2D eigenvalue weighted by atomic mass is 32.1.